The Kier molecular flexibility index (Phi) is 2.83. The first-order chi connectivity index (χ1) is 10.8. The van der Waals surface area contributed by atoms with Crippen LogP contribution in [-0.2, 0) is 0 Å². The molecule has 2 heterocycles. The van der Waals surface area contributed by atoms with E-state index in [1.54, 1.807) is 12.1 Å². The third-order valence-corrected chi connectivity index (χ3v) is 3.42. The van der Waals surface area contributed by atoms with Gasteiger partial charge in [-0.2, -0.15) is 0 Å². The van der Waals surface area contributed by atoms with Gasteiger partial charge in [0.25, 0.3) is 0 Å². The van der Waals surface area contributed by atoms with Crippen molar-refractivity contribution in [3.8, 4) is 22.6 Å². The molecule has 0 atom stereocenters. The van der Waals surface area contributed by atoms with Crippen LogP contribution in [0.5, 0.6) is 0 Å². The largest absolute Gasteiger partial charge is 0.422 e. The number of nitrogens with zero attached hydrogens (tertiary/aromatic N) is 2. The highest BCUT2D eigenvalue weighted by atomic mass is 16.5. The third-order valence-electron chi connectivity index (χ3n) is 3.42. The van der Waals surface area contributed by atoms with Gasteiger partial charge in [-0.25, -0.2) is 4.79 Å². The van der Waals surface area contributed by atoms with Crippen LogP contribution in [0.1, 0.15) is 0 Å². The Bertz CT molecular complexity index is 1000. The minimum atomic E-state index is -0.466. The summed E-state index contributed by atoms with van der Waals surface area (Å²) in [5.41, 5.74) is 1.58. The topological polar surface area (TPSA) is 69.1 Å². The molecule has 0 saturated heterocycles. The zero-order valence-electron chi connectivity index (χ0n) is 11.4. The van der Waals surface area contributed by atoms with E-state index >= 15 is 0 Å². The average molecular weight is 290 g/mol. The van der Waals surface area contributed by atoms with E-state index in [9.17, 15) is 4.79 Å². The highest BCUT2D eigenvalue weighted by Gasteiger charge is 2.18. The molecule has 0 unspecified atom stereocenters. The lowest BCUT2D eigenvalue weighted by atomic mass is 10.1. The minimum Gasteiger partial charge on any atom is -0.422 e. The Morgan fingerprint density at radius 1 is 0.909 bits per heavy atom. The maximum absolute atomic E-state index is 12.2. The smallest absolute Gasteiger partial charge is 0.346 e. The molecule has 0 spiro atoms. The Morgan fingerprint density at radius 2 is 1.68 bits per heavy atom. The second-order valence-electron chi connectivity index (χ2n) is 4.80. The van der Waals surface area contributed by atoms with Gasteiger partial charge >= 0.3 is 5.63 Å². The lowest BCUT2D eigenvalue weighted by Crippen LogP contribution is -2.03. The van der Waals surface area contributed by atoms with E-state index in [-0.39, 0.29) is 0 Å². The van der Waals surface area contributed by atoms with Gasteiger partial charge in [0.05, 0.1) is 5.56 Å². The zero-order chi connectivity index (χ0) is 14.9. The average Bonchev–Trinajstić information content (AvgIpc) is 3.04. The summed E-state index contributed by atoms with van der Waals surface area (Å²) in [6, 6.07) is 18.5. The first kappa shape index (κ1) is 12.5. The van der Waals surface area contributed by atoms with Gasteiger partial charge in [0.15, 0.2) is 5.76 Å². The number of rotatable bonds is 2. The summed E-state index contributed by atoms with van der Waals surface area (Å²) in [5, 5.41) is 8.36. The van der Waals surface area contributed by atoms with Crippen LogP contribution in [0.25, 0.3) is 33.6 Å². The maximum Gasteiger partial charge on any atom is 0.346 e. The van der Waals surface area contributed by atoms with E-state index in [0.717, 1.165) is 10.9 Å². The van der Waals surface area contributed by atoms with Crippen LogP contribution in [0.2, 0.25) is 0 Å². The first-order valence-electron chi connectivity index (χ1n) is 6.74. The predicted octanol–water partition coefficient (Wildman–Crippen LogP) is 3.51. The van der Waals surface area contributed by atoms with Gasteiger partial charge in [-0.05, 0) is 12.1 Å². The van der Waals surface area contributed by atoms with Crippen molar-refractivity contribution < 1.29 is 8.94 Å². The molecule has 5 nitrogen and oxygen atoms in total. The summed E-state index contributed by atoms with van der Waals surface area (Å²) >= 11 is 0. The van der Waals surface area contributed by atoms with Crippen LogP contribution in [0.4, 0.5) is 0 Å². The van der Waals surface area contributed by atoms with E-state index in [0.29, 0.717) is 22.6 Å². The summed E-state index contributed by atoms with van der Waals surface area (Å²) in [5.74, 6) is 0.447. The molecule has 0 aliphatic rings. The Labute approximate surface area is 124 Å². The molecule has 0 saturated carbocycles. The number of hydrogen-bond donors (Lipinski definition) is 0. The molecule has 0 N–H and O–H groups in total. The van der Waals surface area contributed by atoms with E-state index in [1.807, 2.05) is 48.5 Å². The fourth-order valence-corrected chi connectivity index (χ4v) is 2.37. The van der Waals surface area contributed by atoms with Crippen LogP contribution in [-0.4, -0.2) is 10.4 Å². The SMILES string of the molecule is O=c1oc2ccccc2cc1-c1nnoc1-c1ccccc1. The number of aromatic nitrogens is 2. The maximum atomic E-state index is 12.2. The highest BCUT2D eigenvalue weighted by molar-refractivity contribution is 5.84. The first-order valence-corrected chi connectivity index (χ1v) is 6.74. The molecule has 0 aliphatic carbocycles. The van der Waals surface area contributed by atoms with Crippen LogP contribution < -0.4 is 5.63 Å². The third kappa shape index (κ3) is 2.00. The molecule has 0 aliphatic heterocycles. The number of hydrogen-bond acceptors (Lipinski definition) is 5. The van der Waals surface area contributed by atoms with Crippen LogP contribution in [0.15, 0.2) is 74.4 Å². The van der Waals surface area contributed by atoms with Gasteiger partial charge in [0, 0.05) is 16.2 Å². The molecule has 5 heteroatoms. The van der Waals surface area contributed by atoms with E-state index in [4.69, 9.17) is 8.94 Å². The lowest BCUT2D eigenvalue weighted by Gasteiger charge is -2.01. The van der Waals surface area contributed by atoms with Crippen molar-refractivity contribution in [3.05, 3.63) is 71.1 Å². The summed E-state index contributed by atoms with van der Waals surface area (Å²) in [4.78, 5) is 12.2. The van der Waals surface area contributed by atoms with Crippen LogP contribution in [0.3, 0.4) is 0 Å². The molecule has 4 aromatic rings. The molecule has 2 aromatic heterocycles. The molecule has 2 aromatic carbocycles. The van der Waals surface area contributed by atoms with Gasteiger partial charge < -0.3 is 8.94 Å². The van der Waals surface area contributed by atoms with Gasteiger partial charge in [0.2, 0.25) is 0 Å². The summed E-state index contributed by atoms with van der Waals surface area (Å²) < 4.78 is 10.6. The number of para-hydroxylation sites is 1. The molecule has 0 radical (unpaired) electrons. The van der Waals surface area contributed by atoms with Crippen molar-refractivity contribution in [2.75, 3.05) is 0 Å². The molecular formula is C17H10N2O3. The Morgan fingerprint density at radius 3 is 2.55 bits per heavy atom. The highest BCUT2D eigenvalue weighted by Crippen LogP contribution is 2.29. The fraction of sp³-hybridized carbons (Fsp3) is 0. The normalized spacial score (nSPS) is 10.9. The molecule has 106 valence electrons. The van der Waals surface area contributed by atoms with Gasteiger partial charge in [0.1, 0.15) is 11.3 Å². The summed E-state index contributed by atoms with van der Waals surface area (Å²) in [6.07, 6.45) is 0. The van der Waals surface area contributed by atoms with Crippen molar-refractivity contribution >= 4 is 11.0 Å². The summed E-state index contributed by atoms with van der Waals surface area (Å²) in [6.45, 7) is 0. The van der Waals surface area contributed by atoms with Crippen molar-refractivity contribution in [3.63, 3.8) is 0 Å². The second kappa shape index (κ2) is 4.96. The van der Waals surface area contributed by atoms with Crippen molar-refractivity contribution in [1.29, 1.82) is 0 Å². The lowest BCUT2D eigenvalue weighted by molar-refractivity contribution is 0.403. The van der Waals surface area contributed by atoms with E-state index < -0.39 is 5.63 Å². The van der Waals surface area contributed by atoms with Crippen LogP contribution >= 0.6 is 0 Å². The summed E-state index contributed by atoms with van der Waals surface area (Å²) in [7, 11) is 0. The fourth-order valence-electron chi connectivity index (χ4n) is 2.37. The Balaban J connectivity index is 1.96. The molecule has 22 heavy (non-hydrogen) atoms. The van der Waals surface area contributed by atoms with Gasteiger partial charge in [-0.3, -0.25) is 0 Å². The van der Waals surface area contributed by atoms with E-state index in [1.165, 1.54) is 0 Å². The molecule has 0 fully saturated rings. The molecule has 0 amide bonds. The second-order valence-corrected chi connectivity index (χ2v) is 4.80. The van der Waals surface area contributed by atoms with Crippen LogP contribution in [0, 0.1) is 0 Å². The molecule has 4 rings (SSSR count). The molecular weight excluding hydrogens is 280 g/mol. The monoisotopic (exact) mass is 290 g/mol. The number of benzene rings is 2. The van der Waals surface area contributed by atoms with Gasteiger partial charge in [-0.15, -0.1) is 5.10 Å². The van der Waals surface area contributed by atoms with Crippen molar-refractivity contribution in [1.82, 2.24) is 10.4 Å². The van der Waals surface area contributed by atoms with Crippen molar-refractivity contribution in [2.45, 2.75) is 0 Å². The molecule has 0 bridgehead atoms. The minimum absolute atomic E-state index is 0.332. The Hall–Kier alpha value is -3.21. The predicted molar refractivity (Wildman–Crippen MR) is 81.2 cm³/mol. The zero-order valence-corrected chi connectivity index (χ0v) is 11.4. The van der Waals surface area contributed by atoms with Crippen molar-refractivity contribution in [2.24, 2.45) is 0 Å². The van der Waals surface area contributed by atoms with E-state index in [2.05, 4.69) is 10.4 Å². The standard InChI is InChI=1S/C17H10N2O3/c20-17-13(10-12-8-4-5-9-14(12)21-17)15-16(22-19-18-15)11-6-2-1-3-7-11/h1-10H. The van der Waals surface area contributed by atoms with Gasteiger partial charge in [-0.1, -0.05) is 48.5 Å². The quantitative estimate of drug-likeness (QED) is 0.528. The number of fused-ring (bicyclic) bond motifs is 1.